The molecule has 1 N–H and O–H groups in total. The van der Waals surface area contributed by atoms with Crippen LogP contribution in [0.25, 0.3) is 5.69 Å². The van der Waals surface area contributed by atoms with Crippen LogP contribution in [0.4, 0.5) is 9.18 Å². The van der Waals surface area contributed by atoms with Crippen molar-refractivity contribution in [3.8, 4) is 11.4 Å². The van der Waals surface area contributed by atoms with Crippen molar-refractivity contribution in [2.75, 3.05) is 0 Å². The Labute approximate surface area is 138 Å². The Morgan fingerprint density at radius 2 is 1.88 bits per heavy atom. The zero-order valence-electron chi connectivity index (χ0n) is 13.1. The molecule has 3 aromatic rings. The highest BCUT2D eigenvalue weighted by Crippen LogP contribution is 2.20. The molecule has 0 atom stereocenters. The van der Waals surface area contributed by atoms with Crippen LogP contribution in [-0.2, 0) is 6.54 Å². The van der Waals surface area contributed by atoms with Crippen LogP contribution in [0.2, 0.25) is 0 Å². The molecule has 6 heteroatoms. The molecule has 0 saturated heterocycles. The number of hydrogen-bond donors (Lipinski definition) is 1. The van der Waals surface area contributed by atoms with Gasteiger partial charge < -0.3 is 10.1 Å². The molecule has 122 valence electrons. The lowest BCUT2D eigenvalue weighted by Gasteiger charge is -2.07. The zero-order chi connectivity index (χ0) is 16.9. The standard InChI is InChI=1S/C18H16FN3O2/c1-13-17(12-21-22(13)16-9-7-15(19)8-10-16)24-18(23)20-11-14-5-3-2-4-6-14/h2-10,12H,11H2,1H3,(H,20,23). The summed E-state index contributed by atoms with van der Waals surface area (Å²) in [4.78, 5) is 11.9. The first-order chi connectivity index (χ1) is 11.6. The second-order valence-corrected chi connectivity index (χ2v) is 5.21. The van der Waals surface area contributed by atoms with Crippen LogP contribution in [0.5, 0.6) is 5.75 Å². The number of benzene rings is 2. The highest BCUT2D eigenvalue weighted by atomic mass is 19.1. The summed E-state index contributed by atoms with van der Waals surface area (Å²) in [6.07, 6.45) is 0.904. The van der Waals surface area contributed by atoms with Crippen LogP contribution in [-0.4, -0.2) is 15.9 Å². The first-order valence-electron chi connectivity index (χ1n) is 7.43. The van der Waals surface area contributed by atoms with Crippen LogP contribution >= 0.6 is 0 Å². The second-order valence-electron chi connectivity index (χ2n) is 5.21. The number of carbonyl (C=O) groups is 1. The van der Waals surface area contributed by atoms with Gasteiger partial charge in [0.15, 0.2) is 5.75 Å². The van der Waals surface area contributed by atoms with Crippen molar-refractivity contribution in [1.29, 1.82) is 0 Å². The van der Waals surface area contributed by atoms with E-state index >= 15 is 0 Å². The van der Waals surface area contributed by atoms with Crippen LogP contribution in [0.15, 0.2) is 60.8 Å². The van der Waals surface area contributed by atoms with E-state index in [2.05, 4.69) is 10.4 Å². The number of halogens is 1. The average Bonchev–Trinajstić information content (AvgIpc) is 2.95. The quantitative estimate of drug-likeness (QED) is 0.797. The summed E-state index contributed by atoms with van der Waals surface area (Å²) in [5.41, 5.74) is 2.32. The fraction of sp³-hybridized carbons (Fsp3) is 0.111. The highest BCUT2D eigenvalue weighted by Gasteiger charge is 2.13. The van der Waals surface area contributed by atoms with Gasteiger partial charge in [0.1, 0.15) is 5.82 Å². The number of hydrogen-bond acceptors (Lipinski definition) is 3. The fourth-order valence-electron chi connectivity index (χ4n) is 2.24. The molecule has 3 rings (SSSR count). The molecule has 0 saturated carbocycles. The van der Waals surface area contributed by atoms with Crippen LogP contribution in [0, 0.1) is 12.7 Å². The predicted octanol–water partition coefficient (Wildman–Crippen LogP) is 3.61. The summed E-state index contributed by atoms with van der Waals surface area (Å²) in [5, 5.41) is 6.86. The van der Waals surface area contributed by atoms with Crippen molar-refractivity contribution in [2.24, 2.45) is 0 Å². The van der Waals surface area contributed by atoms with Crippen molar-refractivity contribution >= 4 is 6.09 Å². The third-order valence-electron chi connectivity index (χ3n) is 3.52. The molecule has 1 amide bonds. The van der Waals surface area contributed by atoms with E-state index in [1.165, 1.54) is 18.3 Å². The molecule has 0 aliphatic rings. The maximum atomic E-state index is 13.0. The molecular formula is C18H16FN3O2. The van der Waals surface area contributed by atoms with Crippen molar-refractivity contribution in [1.82, 2.24) is 15.1 Å². The smallest absolute Gasteiger partial charge is 0.407 e. The maximum Gasteiger partial charge on any atom is 0.412 e. The monoisotopic (exact) mass is 325 g/mol. The van der Waals surface area contributed by atoms with Crippen LogP contribution in [0.1, 0.15) is 11.3 Å². The molecule has 0 unspecified atom stereocenters. The van der Waals surface area contributed by atoms with Gasteiger partial charge in [-0.05, 0) is 36.8 Å². The summed E-state index contributed by atoms with van der Waals surface area (Å²) < 4.78 is 19.9. The lowest BCUT2D eigenvalue weighted by Crippen LogP contribution is -2.26. The van der Waals surface area contributed by atoms with Crippen molar-refractivity contribution in [3.05, 3.63) is 77.9 Å². The number of nitrogens with zero attached hydrogens (tertiary/aromatic N) is 2. The summed E-state index contributed by atoms with van der Waals surface area (Å²) in [7, 11) is 0. The summed E-state index contributed by atoms with van der Waals surface area (Å²) in [6.45, 7) is 2.15. The molecule has 5 nitrogen and oxygen atoms in total. The molecule has 24 heavy (non-hydrogen) atoms. The zero-order valence-corrected chi connectivity index (χ0v) is 13.1. The third kappa shape index (κ3) is 3.60. The van der Waals surface area contributed by atoms with E-state index in [4.69, 9.17) is 4.74 Å². The van der Waals surface area contributed by atoms with Crippen LogP contribution in [0.3, 0.4) is 0 Å². The molecule has 2 aromatic carbocycles. The van der Waals surface area contributed by atoms with E-state index in [0.717, 1.165) is 5.56 Å². The molecule has 0 radical (unpaired) electrons. The second kappa shape index (κ2) is 6.95. The predicted molar refractivity (Wildman–Crippen MR) is 87.6 cm³/mol. The van der Waals surface area contributed by atoms with E-state index in [9.17, 15) is 9.18 Å². The minimum atomic E-state index is -0.555. The molecule has 0 aliphatic carbocycles. The molecule has 0 bridgehead atoms. The Bertz CT molecular complexity index is 829. The van der Waals surface area contributed by atoms with Gasteiger partial charge in [0.2, 0.25) is 0 Å². The summed E-state index contributed by atoms with van der Waals surface area (Å²) >= 11 is 0. The molecule has 0 spiro atoms. The molecule has 0 aliphatic heterocycles. The number of aromatic nitrogens is 2. The number of ether oxygens (including phenoxy) is 1. The van der Waals surface area contributed by atoms with Gasteiger partial charge in [0.25, 0.3) is 0 Å². The van der Waals surface area contributed by atoms with E-state index in [1.807, 2.05) is 30.3 Å². The normalized spacial score (nSPS) is 10.4. The SMILES string of the molecule is Cc1c(OC(=O)NCc2ccccc2)cnn1-c1ccc(F)cc1. The Hall–Kier alpha value is -3.15. The van der Waals surface area contributed by atoms with Gasteiger partial charge in [0.05, 0.1) is 17.6 Å². The van der Waals surface area contributed by atoms with Gasteiger partial charge in [-0.2, -0.15) is 5.10 Å². The first kappa shape index (κ1) is 15.7. The average molecular weight is 325 g/mol. The van der Waals surface area contributed by atoms with Gasteiger partial charge in [-0.15, -0.1) is 0 Å². The highest BCUT2D eigenvalue weighted by molar-refractivity contribution is 5.70. The fourth-order valence-corrected chi connectivity index (χ4v) is 2.24. The van der Waals surface area contributed by atoms with Crippen LogP contribution < -0.4 is 10.1 Å². The Morgan fingerprint density at radius 3 is 2.58 bits per heavy atom. The largest absolute Gasteiger partial charge is 0.412 e. The minimum Gasteiger partial charge on any atom is -0.407 e. The lowest BCUT2D eigenvalue weighted by molar-refractivity contribution is 0.199. The number of carbonyl (C=O) groups excluding carboxylic acids is 1. The van der Waals surface area contributed by atoms with E-state index < -0.39 is 6.09 Å². The van der Waals surface area contributed by atoms with E-state index in [-0.39, 0.29) is 5.82 Å². The Morgan fingerprint density at radius 1 is 1.17 bits per heavy atom. The Balaban J connectivity index is 1.65. The molecular weight excluding hydrogens is 309 g/mol. The number of amides is 1. The first-order valence-corrected chi connectivity index (χ1v) is 7.43. The number of rotatable bonds is 4. The summed E-state index contributed by atoms with van der Waals surface area (Å²) in [6, 6.07) is 15.5. The van der Waals surface area contributed by atoms with Gasteiger partial charge in [-0.1, -0.05) is 30.3 Å². The van der Waals surface area contributed by atoms with E-state index in [0.29, 0.717) is 23.7 Å². The van der Waals surface area contributed by atoms with Crippen molar-refractivity contribution < 1.29 is 13.9 Å². The molecule has 1 heterocycles. The molecule has 1 aromatic heterocycles. The maximum absolute atomic E-state index is 13.0. The minimum absolute atomic E-state index is 0.319. The van der Waals surface area contributed by atoms with Gasteiger partial charge >= 0.3 is 6.09 Å². The van der Waals surface area contributed by atoms with Crippen molar-refractivity contribution in [3.63, 3.8) is 0 Å². The van der Waals surface area contributed by atoms with Gasteiger partial charge in [-0.25, -0.2) is 13.9 Å². The molecule has 0 fully saturated rings. The number of nitrogens with one attached hydrogen (secondary N) is 1. The Kier molecular flexibility index (Phi) is 4.56. The third-order valence-corrected chi connectivity index (χ3v) is 3.52. The lowest BCUT2D eigenvalue weighted by atomic mass is 10.2. The van der Waals surface area contributed by atoms with Crippen molar-refractivity contribution in [2.45, 2.75) is 13.5 Å². The topological polar surface area (TPSA) is 56.1 Å². The van der Waals surface area contributed by atoms with E-state index in [1.54, 1.807) is 23.7 Å². The van der Waals surface area contributed by atoms with Gasteiger partial charge in [-0.3, -0.25) is 0 Å². The summed E-state index contributed by atoms with van der Waals surface area (Å²) in [5.74, 6) is 0.0326. The van der Waals surface area contributed by atoms with Gasteiger partial charge in [0, 0.05) is 6.54 Å².